The summed E-state index contributed by atoms with van der Waals surface area (Å²) in [6.45, 7) is 2.02. The number of amidine groups is 2. The summed E-state index contributed by atoms with van der Waals surface area (Å²) < 4.78 is 0.861. The lowest BCUT2D eigenvalue weighted by Crippen LogP contribution is -2.45. The number of hydrogen-bond acceptors (Lipinski definition) is 6. The molecule has 0 unspecified atom stereocenters. The number of likely N-dealkylation sites (tertiary alicyclic amines) is 1. The molecule has 8 heteroatoms. The monoisotopic (exact) mass is 362 g/mol. The van der Waals surface area contributed by atoms with Crippen molar-refractivity contribution in [3.8, 4) is 0 Å². The third kappa shape index (κ3) is 2.14. The molecular weight excluding hydrogens is 348 g/mol. The Hall–Kier alpha value is -1.80. The average molecular weight is 363 g/mol. The van der Waals surface area contributed by atoms with Crippen LogP contribution in [0.15, 0.2) is 26.7 Å². The Morgan fingerprint density at radius 3 is 3.00 bits per heavy atom. The van der Waals surface area contributed by atoms with Gasteiger partial charge in [-0.15, -0.1) is 0 Å². The van der Waals surface area contributed by atoms with E-state index >= 15 is 0 Å². The zero-order chi connectivity index (χ0) is 15.3. The van der Waals surface area contributed by atoms with E-state index in [1.54, 1.807) is 6.20 Å². The maximum Gasteiger partial charge on any atom is 0.267 e. The van der Waals surface area contributed by atoms with Crippen LogP contribution < -0.4 is 10.2 Å². The fourth-order valence-corrected chi connectivity index (χ4v) is 3.37. The van der Waals surface area contributed by atoms with Gasteiger partial charge in [0.1, 0.15) is 6.54 Å². The highest BCUT2D eigenvalue weighted by Gasteiger charge is 2.38. The maximum atomic E-state index is 11.8. The second kappa shape index (κ2) is 5.13. The highest BCUT2D eigenvalue weighted by Crippen LogP contribution is 2.35. The Balaban J connectivity index is 1.78. The first-order valence-corrected chi connectivity index (χ1v) is 8.01. The van der Waals surface area contributed by atoms with Gasteiger partial charge in [0.15, 0.2) is 17.5 Å². The predicted molar refractivity (Wildman–Crippen MR) is 87.9 cm³/mol. The van der Waals surface area contributed by atoms with Crippen molar-refractivity contribution in [3.05, 3.63) is 16.7 Å². The van der Waals surface area contributed by atoms with Gasteiger partial charge < -0.3 is 15.1 Å². The number of carbonyl (C=O) groups excluding carboxylic acids is 1. The van der Waals surface area contributed by atoms with Crippen molar-refractivity contribution in [1.82, 2.24) is 15.2 Å². The molecule has 1 aromatic heterocycles. The Bertz CT molecular complexity index is 715. The molecule has 4 heterocycles. The van der Waals surface area contributed by atoms with Crippen LogP contribution in [0.1, 0.15) is 6.42 Å². The number of aromatic nitrogens is 1. The van der Waals surface area contributed by atoms with Crippen LogP contribution in [0.4, 0.5) is 11.5 Å². The molecule has 22 heavy (non-hydrogen) atoms. The summed E-state index contributed by atoms with van der Waals surface area (Å²) in [4.78, 5) is 29.2. The van der Waals surface area contributed by atoms with Crippen LogP contribution in [0.5, 0.6) is 0 Å². The number of rotatable bonds is 1. The first-order chi connectivity index (χ1) is 10.7. The van der Waals surface area contributed by atoms with Gasteiger partial charge in [0, 0.05) is 29.8 Å². The minimum absolute atomic E-state index is 0.139. The van der Waals surface area contributed by atoms with E-state index in [0.29, 0.717) is 17.7 Å². The van der Waals surface area contributed by atoms with Crippen LogP contribution in [0.3, 0.4) is 0 Å². The fraction of sp³-hybridized carbons (Fsp3) is 0.429. The third-order valence-electron chi connectivity index (χ3n) is 4.19. The molecule has 4 rings (SSSR count). The van der Waals surface area contributed by atoms with Gasteiger partial charge in [0.05, 0.1) is 5.69 Å². The van der Waals surface area contributed by atoms with Crippen LogP contribution in [0.25, 0.3) is 0 Å². The highest BCUT2D eigenvalue weighted by molar-refractivity contribution is 9.10. The summed E-state index contributed by atoms with van der Waals surface area (Å²) in [5.41, 5.74) is 0.826. The van der Waals surface area contributed by atoms with E-state index < -0.39 is 0 Å². The Labute approximate surface area is 136 Å². The number of fused-ring (bicyclic) bond motifs is 3. The Morgan fingerprint density at radius 1 is 1.36 bits per heavy atom. The van der Waals surface area contributed by atoms with Crippen LogP contribution in [0.2, 0.25) is 0 Å². The lowest BCUT2D eigenvalue weighted by Gasteiger charge is -2.30. The minimum atomic E-state index is -0.139. The van der Waals surface area contributed by atoms with Gasteiger partial charge >= 0.3 is 0 Å². The lowest BCUT2D eigenvalue weighted by molar-refractivity contribution is -0.115. The average Bonchev–Trinajstić information content (AvgIpc) is 3.12. The molecule has 114 valence electrons. The topological polar surface area (TPSA) is 73.2 Å². The van der Waals surface area contributed by atoms with Gasteiger partial charge in [-0.25, -0.2) is 9.98 Å². The molecule has 1 N–H and O–H groups in total. The number of halogens is 1. The quantitative estimate of drug-likeness (QED) is 0.804. The summed E-state index contributed by atoms with van der Waals surface area (Å²) in [6.07, 6.45) is 2.78. The van der Waals surface area contributed by atoms with E-state index in [1.165, 1.54) is 0 Å². The molecule has 1 saturated heterocycles. The van der Waals surface area contributed by atoms with Crippen molar-refractivity contribution < 1.29 is 4.79 Å². The number of amides is 1. The van der Waals surface area contributed by atoms with Crippen LogP contribution in [-0.4, -0.2) is 60.2 Å². The molecule has 7 nitrogen and oxygen atoms in total. The SMILES string of the molecule is CN[C@@H]1CCN(C2=Nc3ncc(Br)cc3N3CC(=O)N=C23)C1. The molecule has 0 aliphatic carbocycles. The van der Waals surface area contributed by atoms with Crippen LogP contribution in [0, 0.1) is 0 Å². The van der Waals surface area contributed by atoms with Gasteiger partial charge in [0.2, 0.25) is 0 Å². The number of pyridine rings is 1. The zero-order valence-electron chi connectivity index (χ0n) is 12.1. The second-order valence-electron chi connectivity index (χ2n) is 5.57. The molecule has 1 fully saturated rings. The molecule has 0 saturated carbocycles. The van der Waals surface area contributed by atoms with E-state index in [1.807, 2.05) is 18.0 Å². The normalized spacial score (nSPS) is 23.4. The van der Waals surface area contributed by atoms with Gasteiger partial charge in [-0.3, -0.25) is 4.79 Å². The van der Waals surface area contributed by atoms with Gasteiger partial charge in [0.25, 0.3) is 5.91 Å². The largest absolute Gasteiger partial charge is 0.352 e. The van der Waals surface area contributed by atoms with E-state index in [-0.39, 0.29) is 12.5 Å². The molecule has 1 atom stereocenters. The predicted octanol–water partition coefficient (Wildman–Crippen LogP) is 0.926. The highest BCUT2D eigenvalue weighted by atomic mass is 79.9. The molecule has 1 aromatic rings. The van der Waals surface area contributed by atoms with Crippen molar-refractivity contribution in [2.45, 2.75) is 12.5 Å². The van der Waals surface area contributed by atoms with Gasteiger partial charge in [-0.05, 0) is 35.5 Å². The number of aliphatic imine (C=N–C) groups is 2. The lowest BCUT2D eigenvalue weighted by atomic mass is 10.2. The number of anilines is 1. The molecule has 1 amide bonds. The Morgan fingerprint density at radius 2 is 2.23 bits per heavy atom. The number of nitrogens with one attached hydrogen (secondary N) is 1. The van der Waals surface area contributed by atoms with E-state index in [2.05, 4.69) is 41.1 Å². The molecule has 3 aliphatic heterocycles. The molecular formula is C14H15BrN6O. The molecule has 0 spiro atoms. The van der Waals surface area contributed by atoms with E-state index in [4.69, 9.17) is 0 Å². The van der Waals surface area contributed by atoms with Crippen molar-refractivity contribution in [2.75, 3.05) is 31.6 Å². The number of carbonyl (C=O) groups is 1. The summed E-state index contributed by atoms with van der Waals surface area (Å²) in [7, 11) is 1.97. The summed E-state index contributed by atoms with van der Waals surface area (Å²) >= 11 is 3.42. The first kappa shape index (κ1) is 13.8. The fourth-order valence-electron chi connectivity index (χ4n) is 3.05. The number of likely N-dealkylation sites (N-methyl/N-ethyl adjacent to an activating group) is 1. The van der Waals surface area contributed by atoms with E-state index in [0.717, 1.165) is 35.5 Å². The van der Waals surface area contributed by atoms with Crippen LogP contribution in [-0.2, 0) is 4.79 Å². The zero-order valence-corrected chi connectivity index (χ0v) is 13.7. The molecule has 3 aliphatic rings. The third-order valence-corrected chi connectivity index (χ3v) is 4.63. The minimum Gasteiger partial charge on any atom is -0.352 e. The summed E-state index contributed by atoms with van der Waals surface area (Å²) in [5, 5.41) is 3.29. The number of nitrogens with zero attached hydrogens (tertiary/aromatic N) is 5. The van der Waals surface area contributed by atoms with Crippen molar-refractivity contribution in [1.29, 1.82) is 0 Å². The second-order valence-corrected chi connectivity index (χ2v) is 6.48. The smallest absolute Gasteiger partial charge is 0.267 e. The molecule has 0 aromatic carbocycles. The van der Waals surface area contributed by atoms with Gasteiger partial charge in [-0.2, -0.15) is 4.99 Å². The maximum absolute atomic E-state index is 11.8. The van der Waals surface area contributed by atoms with Crippen molar-refractivity contribution in [3.63, 3.8) is 0 Å². The van der Waals surface area contributed by atoms with Crippen LogP contribution >= 0.6 is 15.9 Å². The molecule has 0 bridgehead atoms. The van der Waals surface area contributed by atoms with Crippen molar-refractivity contribution >= 4 is 45.0 Å². The Kier molecular flexibility index (Phi) is 3.23. The van der Waals surface area contributed by atoms with Crippen molar-refractivity contribution in [2.24, 2.45) is 9.98 Å². The summed E-state index contributed by atoms with van der Waals surface area (Å²) in [6, 6.07) is 2.37. The summed E-state index contributed by atoms with van der Waals surface area (Å²) in [5.74, 6) is 1.90. The van der Waals surface area contributed by atoms with E-state index in [9.17, 15) is 4.79 Å². The molecule has 0 radical (unpaired) electrons. The number of hydrogen-bond donors (Lipinski definition) is 1. The first-order valence-electron chi connectivity index (χ1n) is 7.21. The standard InChI is InChI=1S/C14H15BrN6O/c1-16-9-2-3-20(6-9)13-14-18-11(22)7-21(14)10-4-8(15)5-17-12(10)19-13/h4-5,9,16H,2-3,6-7H2,1H3/t9-/m1/s1. The van der Waals surface area contributed by atoms with Gasteiger partial charge in [-0.1, -0.05) is 0 Å².